The molecule has 278 valence electrons. The molecule has 10 rings (SSSR count). The number of fused-ring (bicyclic) bond motifs is 6. The highest BCUT2D eigenvalue weighted by Gasteiger charge is 2.30. The van der Waals surface area contributed by atoms with E-state index in [2.05, 4.69) is 213 Å². The van der Waals surface area contributed by atoms with Gasteiger partial charge in [-0.15, -0.1) is 0 Å². The zero-order valence-corrected chi connectivity index (χ0v) is 33.3. The van der Waals surface area contributed by atoms with Crippen molar-refractivity contribution in [3.63, 3.8) is 0 Å². The number of pyridine rings is 1. The summed E-state index contributed by atoms with van der Waals surface area (Å²) in [7, 11) is 0. The van der Waals surface area contributed by atoms with Crippen LogP contribution >= 0.6 is 0 Å². The molecule has 0 N–H and O–H groups in total. The lowest BCUT2D eigenvalue weighted by Crippen LogP contribution is -2.18. The molecule has 0 saturated carbocycles. The third-order valence-electron chi connectivity index (χ3n) is 11.4. The van der Waals surface area contributed by atoms with Crippen LogP contribution in [-0.4, -0.2) is 23.9 Å². The Morgan fingerprint density at radius 2 is 0.965 bits per heavy atom. The lowest BCUT2D eigenvalue weighted by molar-refractivity contribution is 0.545. The summed E-state index contributed by atoms with van der Waals surface area (Å²) in [6.07, 6.45) is 1.95. The molecule has 0 aliphatic rings. The first-order valence-corrected chi connectivity index (χ1v) is 19.8. The quantitative estimate of drug-likeness (QED) is 0.176. The van der Waals surface area contributed by atoms with Crippen LogP contribution in [0, 0.1) is 0 Å². The van der Waals surface area contributed by atoms with Crippen molar-refractivity contribution in [1.29, 1.82) is 0 Å². The second kappa shape index (κ2) is 12.9. The van der Waals surface area contributed by atoms with Crippen LogP contribution < -0.4 is 0 Å². The van der Waals surface area contributed by atoms with Crippen molar-refractivity contribution in [3.05, 3.63) is 175 Å². The molecule has 0 unspecified atom stereocenters. The highest BCUT2D eigenvalue weighted by molar-refractivity contribution is 6.12. The molecule has 0 aliphatic heterocycles. The summed E-state index contributed by atoms with van der Waals surface area (Å²) < 4.78 is 6.95. The van der Waals surface area contributed by atoms with Crippen LogP contribution in [0.5, 0.6) is 0 Å². The van der Waals surface area contributed by atoms with Crippen LogP contribution in [0.25, 0.3) is 83.2 Å². The normalized spacial score (nSPS) is 12.4. The molecule has 0 atom stereocenters. The molecular weight excluding hydrogens is 695 g/mol. The average molecular weight is 740 g/mol. The van der Waals surface area contributed by atoms with E-state index >= 15 is 0 Å². The Kier molecular flexibility index (Phi) is 7.88. The molecule has 10 aromatic rings. The minimum Gasteiger partial charge on any atom is -0.309 e. The van der Waals surface area contributed by atoms with Gasteiger partial charge >= 0.3 is 0 Å². The van der Waals surface area contributed by atoms with E-state index in [4.69, 9.17) is 10.1 Å². The average Bonchev–Trinajstić information content (AvgIpc) is 3.89. The number of nitrogens with zero attached hydrogens (tertiary/aromatic N) is 5. The summed E-state index contributed by atoms with van der Waals surface area (Å²) in [5.74, 6) is 0.923. The molecule has 5 heteroatoms. The molecule has 0 radical (unpaired) electrons. The SMILES string of the molecule is CC(C)(C)c1ccnc(-n2c3ccccc3c3ccc(-n4c5ccccc5c5ccc(-n6nc(-c7ccccc7)c(-c7ccccc7)c6C(C)(C)C)cc54)cc32)c1. The highest BCUT2D eigenvalue weighted by atomic mass is 15.3. The van der Waals surface area contributed by atoms with Gasteiger partial charge in [-0.2, -0.15) is 5.10 Å². The summed E-state index contributed by atoms with van der Waals surface area (Å²) in [5.41, 5.74) is 13.3. The fraction of sp³-hybridized carbons (Fsp3) is 0.154. The van der Waals surface area contributed by atoms with E-state index in [1.54, 1.807) is 0 Å². The molecule has 57 heavy (non-hydrogen) atoms. The van der Waals surface area contributed by atoms with Crippen molar-refractivity contribution in [2.45, 2.75) is 52.4 Å². The number of aromatic nitrogens is 5. The number of para-hydroxylation sites is 2. The van der Waals surface area contributed by atoms with Gasteiger partial charge in [-0.3, -0.25) is 4.57 Å². The van der Waals surface area contributed by atoms with Gasteiger partial charge in [0.25, 0.3) is 0 Å². The first kappa shape index (κ1) is 34.7. The zero-order chi connectivity index (χ0) is 39.1. The fourth-order valence-corrected chi connectivity index (χ4v) is 8.69. The summed E-state index contributed by atoms with van der Waals surface area (Å²) in [6.45, 7) is 13.6. The van der Waals surface area contributed by atoms with Crippen molar-refractivity contribution in [2.75, 3.05) is 0 Å². The second-order valence-electron chi connectivity index (χ2n) is 17.2. The Morgan fingerprint density at radius 3 is 1.60 bits per heavy atom. The van der Waals surface area contributed by atoms with Gasteiger partial charge in [0.05, 0.1) is 33.4 Å². The molecule has 0 bridgehead atoms. The Labute approximate surface area is 333 Å². The zero-order valence-electron chi connectivity index (χ0n) is 33.3. The molecule has 0 saturated heterocycles. The van der Waals surface area contributed by atoms with Gasteiger partial charge in [0.15, 0.2) is 0 Å². The lowest BCUT2D eigenvalue weighted by atomic mass is 9.85. The Morgan fingerprint density at radius 1 is 0.439 bits per heavy atom. The van der Waals surface area contributed by atoms with E-state index < -0.39 is 0 Å². The molecule has 0 aliphatic carbocycles. The first-order chi connectivity index (χ1) is 27.6. The van der Waals surface area contributed by atoms with E-state index in [9.17, 15) is 0 Å². The summed E-state index contributed by atoms with van der Waals surface area (Å²) in [4.78, 5) is 4.96. The van der Waals surface area contributed by atoms with Crippen LogP contribution in [0.2, 0.25) is 0 Å². The molecule has 0 amide bonds. The van der Waals surface area contributed by atoms with Gasteiger partial charge in [-0.05, 0) is 65.1 Å². The number of benzene rings is 6. The predicted octanol–water partition coefficient (Wildman–Crippen LogP) is 13.4. The standard InChI is InChI=1S/C52H45N5/c1-51(2,3)36-29-30-53-47(31-36)56-44-24-16-14-22-40(44)42-27-25-37(32-46(42)56)55-43-23-15-13-21-39(43)41-28-26-38(33-45(41)55)57-50(52(4,5)6)48(34-17-9-7-10-18-34)49(54-57)35-19-11-8-12-20-35/h7-33H,1-6H3. The van der Waals surface area contributed by atoms with Crippen molar-refractivity contribution >= 4 is 43.6 Å². The van der Waals surface area contributed by atoms with Gasteiger partial charge in [0.2, 0.25) is 0 Å². The molecule has 0 spiro atoms. The largest absolute Gasteiger partial charge is 0.309 e. The van der Waals surface area contributed by atoms with E-state index in [-0.39, 0.29) is 10.8 Å². The van der Waals surface area contributed by atoms with E-state index in [0.717, 1.165) is 61.6 Å². The second-order valence-corrected chi connectivity index (χ2v) is 17.2. The monoisotopic (exact) mass is 739 g/mol. The highest BCUT2D eigenvalue weighted by Crippen LogP contribution is 2.43. The summed E-state index contributed by atoms with van der Waals surface area (Å²) in [5, 5.41) is 10.3. The molecule has 4 aromatic heterocycles. The molecule has 0 fully saturated rings. The van der Waals surface area contributed by atoms with Gasteiger partial charge < -0.3 is 4.57 Å². The van der Waals surface area contributed by atoms with Crippen molar-refractivity contribution in [3.8, 4) is 39.6 Å². The van der Waals surface area contributed by atoms with Gasteiger partial charge in [0, 0.05) is 50.0 Å². The Hall–Kier alpha value is -6.72. The minimum atomic E-state index is -0.219. The lowest BCUT2D eigenvalue weighted by Gasteiger charge is -2.23. The minimum absolute atomic E-state index is 0.00651. The first-order valence-electron chi connectivity index (χ1n) is 19.8. The molecule has 6 aromatic carbocycles. The van der Waals surface area contributed by atoms with Crippen LogP contribution in [0.4, 0.5) is 0 Å². The molecule has 5 nitrogen and oxygen atoms in total. The van der Waals surface area contributed by atoms with Gasteiger partial charge in [0.1, 0.15) is 11.5 Å². The number of rotatable bonds is 5. The summed E-state index contributed by atoms with van der Waals surface area (Å²) >= 11 is 0. The maximum atomic E-state index is 5.49. The predicted molar refractivity (Wildman–Crippen MR) is 238 cm³/mol. The Bertz CT molecular complexity index is 3130. The third-order valence-corrected chi connectivity index (χ3v) is 11.4. The van der Waals surface area contributed by atoms with Crippen LogP contribution in [0.15, 0.2) is 164 Å². The smallest absolute Gasteiger partial charge is 0.137 e. The summed E-state index contributed by atoms with van der Waals surface area (Å²) in [6, 6.07) is 56.8. The maximum Gasteiger partial charge on any atom is 0.137 e. The fourth-order valence-electron chi connectivity index (χ4n) is 8.69. The number of hydrogen-bond donors (Lipinski definition) is 0. The van der Waals surface area contributed by atoms with E-state index in [0.29, 0.717) is 0 Å². The topological polar surface area (TPSA) is 40.6 Å². The van der Waals surface area contributed by atoms with E-state index in [1.807, 2.05) is 6.20 Å². The maximum absolute atomic E-state index is 5.49. The third kappa shape index (κ3) is 5.68. The van der Waals surface area contributed by atoms with Crippen LogP contribution in [0.3, 0.4) is 0 Å². The molecule has 4 heterocycles. The van der Waals surface area contributed by atoms with Crippen molar-refractivity contribution < 1.29 is 0 Å². The van der Waals surface area contributed by atoms with Crippen LogP contribution in [0.1, 0.15) is 52.8 Å². The van der Waals surface area contributed by atoms with Crippen LogP contribution in [-0.2, 0) is 10.8 Å². The number of hydrogen-bond acceptors (Lipinski definition) is 2. The Balaban J connectivity index is 1.24. The van der Waals surface area contributed by atoms with Gasteiger partial charge in [-0.25, -0.2) is 9.67 Å². The van der Waals surface area contributed by atoms with Crippen molar-refractivity contribution in [2.24, 2.45) is 0 Å². The van der Waals surface area contributed by atoms with Crippen molar-refractivity contribution in [1.82, 2.24) is 23.9 Å². The molecular formula is C52H45N5. The van der Waals surface area contributed by atoms with Gasteiger partial charge in [-0.1, -0.05) is 151 Å². The van der Waals surface area contributed by atoms with E-state index in [1.165, 1.54) is 32.8 Å².